The molecule has 0 fully saturated rings. The van der Waals surface area contributed by atoms with Crippen LogP contribution in [-0.2, 0) is 0 Å². The average molecular weight is 297 g/mol. The first-order chi connectivity index (χ1) is 10.1. The Labute approximate surface area is 127 Å². The first-order valence-electron chi connectivity index (χ1n) is 6.56. The number of ketones is 1. The fourth-order valence-corrected chi connectivity index (χ4v) is 2.44. The predicted octanol–water partition coefficient (Wildman–Crippen LogP) is 4.83. The lowest BCUT2D eigenvalue weighted by Gasteiger charge is -2.12. The minimum absolute atomic E-state index is 0.0273. The van der Waals surface area contributed by atoms with Gasteiger partial charge in [-0.05, 0) is 43.3 Å². The number of fused-ring (bicyclic) bond motifs is 1. The fourth-order valence-electron chi connectivity index (χ4n) is 2.27. The van der Waals surface area contributed by atoms with Gasteiger partial charge in [-0.15, -0.1) is 0 Å². The molecule has 0 atom stereocenters. The molecule has 1 aromatic heterocycles. The van der Waals surface area contributed by atoms with E-state index in [9.17, 15) is 4.79 Å². The van der Waals surface area contributed by atoms with E-state index in [1.165, 1.54) is 0 Å². The second-order valence-corrected chi connectivity index (χ2v) is 5.18. The van der Waals surface area contributed by atoms with E-state index in [0.29, 0.717) is 10.6 Å². The molecular weight excluding hydrogens is 284 g/mol. The molecule has 1 N–H and O–H groups in total. The van der Waals surface area contributed by atoms with Gasteiger partial charge in [-0.3, -0.25) is 9.78 Å². The molecule has 4 heteroatoms. The van der Waals surface area contributed by atoms with Crippen LogP contribution in [-0.4, -0.2) is 10.8 Å². The normalized spacial score (nSPS) is 10.6. The third-order valence-corrected chi connectivity index (χ3v) is 3.52. The molecule has 0 spiro atoms. The number of carbonyl (C=O) groups is 1. The van der Waals surface area contributed by atoms with Gasteiger partial charge in [-0.2, -0.15) is 0 Å². The summed E-state index contributed by atoms with van der Waals surface area (Å²) in [6.07, 6.45) is 1.72. The molecule has 0 unspecified atom stereocenters. The molecule has 0 aliphatic heterocycles. The van der Waals surface area contributed by atoms with Crippen molar-refractivity contribution in [2.45, 2.75) is 6.92 Å². The van der Waals surface area contributed by atoms with Crippen molar-refractivity contribution in [1.82, 2.24) is 4.98 Å². The first-order valence-corrected chi connectivity index (χ1v) is 6.94. The van der Waals surface area contributed by atoms with Crippen molar-refractivity contribution in [2.75, 3.05) is 5.32 Å². The van der Waals surface area contributed by atoms with Gasteiger partial charge in [0.25, 0.3) is 0 Å². The SMILES string of the molecule is CC(=O)c1ccccc1Nc1ccnc2cc(Cl)ccc12. The van der Waals surface area contributed by atoms with E-state index in [2.05, 4.69) is 10.3 Å². The summed E-state index contributed by atoms with van der Waals surface area (Å²) in [5, 5.41) is 4.92. The van der Waals surface area contributed by atoms with E-state index < -0.39 is 0 Å². The molecule has 104 valence electrons. The van der Waals surface area contributed by atoms with Crippen LogP contribution >= 0.6 is 11.6 Å². The summed E-state index contributed by atoms with van der Waals surface area (Å²) in [6.45, 7) is 1.56. The minimum Gasteiger partial charge on any atom is -0.354 e. The van der Waals surface area contributed by atoms with Gasteiger partial charge >= 0.3 is 0 Å². The van der Waals surface area contributed by atoms with Gasteiger partial charge in [0, 0.05) is 33.5 Å². The Balaban J connectivity index is 2.09. The highest BCUT2D eigenvalue weighted by Crippen LogP contribution is 2.28. The molecule has 21 heavy (non-hydrogen) atoms. The molecule has 0 radical (unpaired) electrons. The van der Waals surface area contributed by atoms with Gasteiger partial charge < -0.3 is 5.32 Å². The highest BCUT2D eigenvalue weighted by molar-refractivity contribution is 6.31. The van der Waals surface area contributed by atoms with Crippen LogP contribution in [0.4, 0.5) is 11.4 Å². The average Bonchev–Trinajstić information content (AvgIpc) is 2.47. The number of para-hydroxylation sites is 1. The number of anilines is 2. The number of pyridine rings is 1. The number of aromatic nitrogens is 1. The second kappa shape index (κ2) is 5.54. The molecule has 3 aromatic rings. The number of halogens is 1. The van der Waals surface area contributed by atoms with Crippen LogP contribution in [0.2, 0.25) is 5.02 Å². The zero-order chi connectivity index (χ0) is 14.8. The maximum Gasteiger partial charge on any atom is 0.161 e. The second-order valence-electron chi connectivity index (χ2n) is 4.75. The lowest BCUT2D eigenvalue weighted by molar-refractivity contribution is 0.101. The zero-order valence-electron chi connectivity index (χ0n) is 11.4. The largest absolute Gasteiger partial charge is 0.354 e. The molecule has 1 heterocycles. The van der Waals surface area contributed by atoms with Crippen molar-refractivity contribution >= 4 is 39.7 Å². The Bertz CT molecular complexity index is 830. The summed E-state index contributed by atoms with van der Waals surface area (Å²) < 4.78 is 0. The molecule has 2 aromatic carbocycles. The van der Waals surface area contributed by atoms with Crippen molar-refractivity contribution < 1.29 is 4.79 Å². The third kappa shape index (κ3) is 2.73. The summed E-state index contributed by atoms with van der Waals surface area (Å²) in [6, 6.07) is 14.9. The third-order valence-electron chi connectivity index (χ3n) is 3.28. The Hall–Kier alpha value is -2.39. The molecular formula is C17H13ClN2O. The van der Waals surface area contributed by atoms with Crippen LogP contribution in [0.15, 0.2) is 54.7 Å². The maximum absolute atomic E-state index is 11.7. The number of rotatable bonds is 3. The van der Waals surface area contributed by atoms with Crippen molar-refractivity contribution in [3.8, 4) is 0 Å². The van der Waals surface area contributed by atoms with E-state index in [-0.39, 0.29) is 5.78 Å². The van der Waals surface area contributed by atoms with Crippen LogP contribution in [0.25, 0.3) is 10.9 Å². The first kappa shape index (κ1) is 13.6. The topological polar surface area (TPSA) is 42.0 Å². The van der Waals surface area contributed by atoms with Crippen LogP contribution < -0.4 is 5.32 Å². The highest BCUT2D eigenvalue weighted by atomic mass is 35.5. The van der Waals surface area contributed by atoms with Crippen molar-refractivity contribution in [1.29, 1.82) is 0 Å². The van der Waals surface area contributed by atoms with Crippen molar-refractivity contribution in [2.24, 2.45) is 0 Å². The van der Waals surface area contributed by atoms with Gasteiger partial charge in [0.2, 0.25) is 0 Å². The van der Waals surface area contributed by atoms with Crippen LogP contribution in [0.3, 0.4) is 0 Å². The van der Waals surface area contributed by atoms with Gasteiger partial charge in [0.05, 0.1) is 5.52 Å². The minimum atomic E-state index is 0.0273. The summed E-state index contributed by atoms with van der Waals surface area (Å²) in [4.78, 5) is 16.0. The fraction of sp³-hybridized carbons (Fsp3) is 0.0588. The lowest BCUT2D eigenvalue weighted by Crippen LogP contribution is -2.00. The van der Waals surface area contributed by atoms with E-state index in [0.717, 1.165) is 22.3 Å². The molecule has 0 amide bonds. The summed E-state index contributed by atoms with van der Waals surface area (Å²) >= 11 is 5.99. The van der Waals surface area contributed by atoms with Gasteiger partial charge in [0.15, 0.2) is 5.78 Å². The molecule has 0 saturated heterocycles. The standard InChI is InChI=1S/C17H13ClN2O/c1-11(21)13-4-2-3-5-15(13)20-16-8-9-19-17-10-12(18)6-7-14(16)17/h2-10H,1H3,(H,19,20). The molecule has 0 saturated carbocycles. The summed E-state index contributed by atoms with van der Waals surface area (Å²) in [5.74, 6) is 0.0273. The molecule has 3 rings (SSSR count). The Morgan fingerprint density at radius 2 is 1.90 bits per heavy atom. The number of Topliss-reactive ketones (excluding diaryl/α,β-unsaturated/α-hetero) is 1. The van der Waals surface area contributed by atoms with Crippen molar-refractivity contribution in [3.63, 3.8) is 0 Å². The number of carbonyl (C=O) groups excluding carboxylic acids is 1. The number of hydrogen-bond acceptors (Lipinski definition) is 3. The smallest absolute Gasteiger partial charge is 0.161 e. The van der Waals surface area contributed by atoms with Crippen LogP contribution in [0, 0.1) is 0 Å². The number of nitrogens with one attached hydrogen (secondary N) is 1. The highest BCUT2D eigenvalue weighted by Gasteiger charge is 2.08. The van der Waals surface area contributed by atoms with E-state index in [1.54, 1.807) is 13.1 Å². The Morgan fingerprint density at radius 3 is 2.71 bits per heavy atom. The molecule has 0 bridgehead atoms. The molecule has 0 aliphatic carbocycles. The van der Waals surface area contributed by atoms with Gasteiger partial charge in [-0.25, -0.2) is 0 Å². The van der Waals surface area contributed by atoms with Crippen LogP contribution in [0.1, 0.15) is 17.3 Å². The lowest BCUT2D eigenvalue weighted by atomic mass is 10.1. The van der Waals surface area contributed by atoms with Crippen LogP contribution in [0.5, 0.6) is 0 Å². The molecule has 3 nitrogen and oxygen atoms in total. The maximum atomic E-state index is 11.7. The number of hydrogen-bond donors (Lipinski definition) is 1. The molecule has 0 aliphatic rings. The Kier molecular flexibility index (Phi) is 3.59. The van der Waals surface area contributed by atoms with E-state index in [4.69, 9.17) is 11.6 Å². The van der Waals surface area contributed by atoms with E-state index >= 15 is 0 Å². The number of nitrogens with zero attached hydrogens (tertiary/aromatic N) is 1. The number of benzene rings is 2. The van der Waals surface area contributed by atoms with Gasteiger partial charge in [-0.1, -0.05) is 23.7 Å². The Morgan fingerprint density at radius 1 is 1.10 bits per heavy atom. The predicted molar refractivity (Wildman–Crippen MR) is 86.5 cm³/mol. The monoisotopic (exact) mass is 296 g/mol. The van der Waals surface area contributed by atoms with Crippen molar-refractivity contribution in [3.05, 3.63) is 65.3 Å². The quantitative estimate of drug-likeness (QED) is 0.704. The van der Waals surface area contributed by atoms with Gasteiger partial charge in [0.1, 0.15) is 0 Å². The van der Waals surface area contributed by atoms with E-state index in [1.807, 2.05) is 48.5 Å². The summed E-state index contributed by atoms with van der Waals surface area (Å²) in [7, 11) is 0. The summed E-state index contributed by atoms with van der Waals surface area (Å²) in [5.41, 5.74) is 3.15. The zero-order valence-corrected chi connectivity index (χ0v) is 12.2.